The van der Waals surface area contributed by atoms with Gasteiger partial charge in [-0.2, -0.15) is 0 Å². The van der Waals surface area contributed by atoms with Gasteiger partial charge in [0.15, 0.2) is 5.83 Å². The molecule has 1 atom stereocenters. The largest absolute Gasteiger partial charge is 0.363 e. The van der Waals surface area contributed by atoms with Crippen LogP contribution < -0.4 is 16.1 Å². The highest BCUT2D eigenvalue weighted by Gasteiger charge is 2.41. The van der Waals surface area contributed by atoms with E-state index in [0.29, 0.717) is 11.5 Å². The second-order valence-electron chi connectivity index (χ2n) is 6.95. The lowest BCUT2D eigenvalue weighted by Crippen LogP contribution is -2.48. The first-order valence-electron chi connectivity index (χ1n) is 8.89. The normalized spacial score (nSPS) is 25.0. The minimum absolute atomic E-state index is 0.0345. The molecule has 0 unspecified atom stereocenters. The molecule has 0 aromatic carbocycles. The molecule has 0 spiro atoms. The van der Waals surface area contributed by atoms with Crippen molar-refractivity contribution >= 4 is 17.8 Å². The Bertz CT molecular complexity index is 620. The van der Waals surface area contributed by atoms with Gasteiger partial charge in [0.1, 0.15) is 5.82 Å². The van der Waals surface area contributed by atoms with E-state index in [1.54, 1.807) is 12.1 Å². The van der Waals surface area contributed by atoms with E-state index in [2.05, 4.69) is 15.6 Å². The van der Waals surface area contributed by atoms with Crippen LogP contribution in [0.3, 0.4) is 0 Å². The first-order valence-corrected chi connectivity index (χ1v) is 8.89. The lowest BCUT2D eigenvalue weighted by atomic mass is 9.74. The van der Waals surface area contributed by atoms with Gasteiger partial charge in [-0.1, -0.05) is 19.3 Å². The quantitative estimate of drug-likeness (QED) is 0.373. The van der Waals surface area contributed by atoms with Crippen molar-refractivity contribution in [3.8, 4) is 0 Å². The molecule has 0 bridgehead atoms. The molecule has 2 heterocycles. The number of aromatic nitrogens is 1. The number of halogens is 1. The molecule has 1 amide bonds. The minimum atomic E-state index is -1.17. The van der Waals surface area contributed by atoms with E-state index in [1.807, 2.05) is 0 Å². The Morgan fingerprint density at radius 3 is 2.76 bits per heavy atom. The second kappa shape index (κ2) is 7.93. The molecule has 1 aromatic rings. The zero-order valence-electron chi connectivity index (χ0n) is 14.2. The van der Waals surface area contributed by atoms with Crippen LogP contribution in [0.4, 0.5) is 10.2 Å². The zero-order valence-corrected chi connectivity index (χ0v) is 14.2. The highest BCUT2D eigenvalue weighted by atomic mass is 19.1. The van der Waals surface area contributed by atoms with Crippen LogP contribution >= 0.6 is 0 Å². The number of nitrogens with zero attached hydrogens (tertiary/aromatic N) is 1. The van der Waals surface area contributed by atoms with E-state index in [4.69, 9.17) is 5.21 Å². The van der Waals surface area contributed by atoms with Gasteiger partial charge in [0.2, 0.25) is 0 Å². The van der Waals surface area contributed by atoms with Crippen LogP contribution in [0.1, 0.15) is 44.1 Å². The summed E-state index contributed by atoms with van der Waals surface area (Å²) in [6.07, 6.45) is 10.0. The maximum atomic E-state index is 13.5. The standard InChI is InChI=1S/C18H25FN4O2/c19-15(17(24)23-25)10-13-6-7-16(21-11-13)22-18(8-9-20-12-18)14-4-2-1-3-5-14/h6-7,10-11,14,20,25H,1-5,8-9,12H2,(H,21,22)(H,23,24)/b15-10-/t18-/m0/s1. The first kappa shape index (κ1) is 17.8. The first-order chi connectivity index (χ1) is 12.1. The van der Waals surface area contributed by atoms with Crippen molar-refractivity contribution in [2.75, 3.05) is 18.4 Å². The highest BCUT2D eigenvalue weighted by Crippen LogP contribution is 2.38. The fraction of sp³-hybridized carbons (Fsp3) is 0.556. The van der Waals surface area contributed by atoms with E-state index < -0.39 is 11.7 Å². The third-order valence-corrected chi connectivity index (χ3v) is 5.35. The summed E-state index contributed by atoms with van der Waals surface area (Å²) < 4.78 is 13.5. The summed E-state index contributed by atoms with van der Waals surface area (Å²) in [7, 11) is 0. The lowest BCUT2D eigenvalue weighted by Gasteiger charge is -2.40. The summed E-state index contributed by atoms with van der Waals surface area (Å²) in [5.41, 5.74) is 1.76. The van der Waals surface area contributed by atoms with Crippen molar-refractivity contribution < 1.29 is 14.4 Å². The number of carbonyl (C=O) groups excluding carboxylic acids is 1. The molecule has 25 heavy (non-hydrogen) atoms. The van der Waals surface area contributed by atoms with E-state index in [9.17, 15) is 9.18 Å². The molecule has 1 aromatic heterocycles. The number of anilines is 1. The molecule has 1 aliphatic carbocycles. The van der Waals surface area contributed by atoms with Gasteiger partial charge in [-0.25, -0.2) is 14.9 Å². The van der Waals surface area contributed by atoms with Gasteiger partial charge in [-0.05, 0) is 55.5 Å². The van der Waals surface area contributed by atoms with Gasteiger partial charge in [-0.15, -0.1) is 0 Å². The van der Waals surface area contributed by atoms with Gasteiger partial charge in [0.25, 0.3) is 0 Å². The molecule has 1 aliphatic heterocycles. The topological polar surface area (TPSA) is 86.3 Å². The Kier molecular flexibility index (Phi) is 5.65. The minimum Gasteiger partial charge on any atom is -0.363 e. The van der Waals surface area contributed by atoms with Gasteiger partial charge in [0, 0.05) is 12.7 Å². The maximum Gasteiger partial charge on any atom is 0.303 e. The predicted molar refractivity (Wildman–Crippen MR) is 93.7 cm³/mol. The summed E-state index contributed by atoms with van der Waals surface area (Å²) in [6.45, 7) is 1.94. The van der Waals surface area contributed by atoms with E-state index in [0.717, 1.165) is 31.4 Å². The van der Waals surface area contributed by atoms with Crippen molar-refractivity contribution in [1.29, 1.82) is 0 Å². The molecule has 2 fully saturated rings. The Morgan fingerprint density at radius 2 is 2.16 bits per heavy atom. The smallest absolute Gasteiger partial charge is 0.303 e. The fourth-order valence-corrected chi connectivity index (χ4v) is 4.01. The van der Waals surface area contributed by atoms with Crippen LogP contribution in [0.5, 0.6) is 0 Å². The van der Waals surface area contributed by atoms with E-state index in [1.165, 1.54) is 43.8 Å². The molecule has 7 heteroatoms. The molecule has 4 N–H and O–H groups in total. The Hall–Kier alpha value is -1.99. The van der Waals surface area contributed by atoms with Crippen LogP contribution in [0.25, 0.3) is 6.08 Å². The van der Waals surface area contributed by atoms with Crippen LogP contribution in [-0.4, -0.2) is 34.7 Å². The molecule has 2 aliphatic rings. The van der Waals surface area contributed by atoms with Crippen molar-refractivity contribution in [3.63, 3.8) is 0 Å². The number of amides is 1. The highest BCUT2D eigenvalue weighted by molar-refractivity contribution is 5.94. The molecule has 0 radical (unpaired) electrons. The van der Waals surface area contributed by atoms with Crippen molar-refractivity contribution in [2.45, 2.75) is 44.1 Å². The molecule has 6 nitrogen and oxygen atoms in total. The van der Waals surface area contributed by atoms with Gasteiger partial charge in [0.05, 0.1) is 5.54 Å². The van der Waals surface area contributed by atoms with Crippen molar-refractivity contribution in [3.05, 3.63) is 29.7 Å². The Labute approximate surface area is 146 Å². The lowest BCUT2D eigenvalue weighted by molar-refractivity contribution is -0.126. The number of rotatable bonds is 5. The zero-order chi connectivity index (χ0) is 17.7. The maximum absolute atomic E-state index is 13.5. The number of pyridine rings is 1. The third-order valence-electron chi connectivity index (χ3n) is 5.35. The van der Waals surface area contributed by atoms with Gasteiger partial charge >= 0.3 is 5.91 Å². The van der Waals surface area contributed by atoms with Crippen LogP contribution in [0, 0.1) is 5.92 Å². The van der Waals surface area contributed by atoms with Crippen LogP contribution in [0.2, 0.25) is 0 Å². The van der Waals surface area contributed by atoms with Crippen LogP contribution in [0.15, 0.2) is 24.2 Å². The average Bonchev–Trinajstić information content (AvgIpc) is 3.13. The number of hydroxylamine groups is 1. The monoisotopic (exact) mass is 348 g/mol. The summed E-state index contributed by atoms with van der Waals surface area (Å²) >= 11 is 0. The number of hydrogen-bond donors (Lipinski definition) is 4. The summed E-state index contributed by atoms with van der Waals surface area (Å²) in [5.74, 6) is -0.832. The van der Waals surface area contributed by atoms with E-state index >= 15 is 0 Å². The van der Waals surface area contributed by atoms with Crippen molar-refractivity contribution in [2.24, 2.45) is 5.92 Å². The number of carbonyl (C=O) groups is 1. The van der Waals surface area contributed by atoms with E-state index in [-0.39, 0.29) is 5.54 Å². The fourth-order valence-electron chi connectivity index (χ4n) is 4.01. The second-order valence-corrected chi connectivity index (χ2v) is 6.95. The third kappa shape index (κ3) is 4.16. The van der Waals surface area contributed by atoms with Crippen LogP contribution in [-0.2, 0) is 4.79 Å². The molecular weight excluding hydrogens is 323 g/mol. The summed E-state index contributed by atoms with van der Waals surface area (Å²) in [6, 6.07) is 3.51. The Balaban J connectivity index is 1.72. The number of hydrogen-bond acceptors (Lipinski definition) is 5. The number of nitrogens with one attached hydrogen (secondary N) is 3. The molecule has 1 saturated heterocycles. The summed E-state index contributed by atoms with van der Waals surface area (Å²) in [5, 5.41) is 15.5. The van der Waals surface area contributed by atoms with Gasteiger partial charge in [-0.3, -0.25) is 10.0 Å². The molecular formula is C18H25FN4O2. The van der Waals surface area contributed by atoms with Gasteiger partial charge < -0.3 is 10.6 Å². The Morgan fingerprint density at radius 1 is 1.36 bits per heavy atom. The molecule has 1 saturated carbocycles. The molecule has 3 rings (SSSR count). The SMILES string of the molecule is O=C(NO)/C(F)=C/c1ccc(N[C@@]2(C3CCCCC3)CCNC2)nc1. The average molecular weight is 348 g/mol. The predicted octanol–water partition coefficient (Wildman–Crippen LogP) is 2.62. The summed E-state index contributed by atoms with van der Waals surface area (Å²) in [4.78, 5) is 15.4. The molecule has 136 valence electrons. The van der Waals surface area contributed by atoms with Crippen molar-refractivity contribution in [1.82, 2.24) is 15.8 Å².